The summed E-state index contributed by atoms with van der Waals surface area (Å²) in [4.78, 5) is 9.04. The molecule has 0 amide bonds. The van der Waals surface area contributed by atoms with Crippen LogP contribution in [0.4, 0.5) is 0 Å². The van der Waals surface area contributed by atoms with Crippen LogP contribution in [0.3, 0.4) is 0 Å². The molecule has 0 spiro atoms. The molecule has 0 bridgehead atoms. The Morgan fingerprint density at radius 1 is 1.15 bits per heavy atom. The molecule has 7 heteroatoms. The molecule has 0 radical (unpaired) electrons. The molecule has 7 nitrogen and oxygen atoms in total. The minimum atomic E-state index is 0.474. The normalized spacial score (nSPS) is 11.0. The summed E-state index contributed by atoms with van der Waals surface area (Å²) in [6.45, 7) is 2.36. The molecule has 0 fully saturated rings. The van der Waals surface area contributed by atoms with Crippen molar-refractivity contribution in [2.45, 2.75) is 13.5 Å². The Hall–Kier alpha value is -3.35. The quantitative estimate of drug-likeness (QED) is 0.549. The number of rotatable bonds is 5. The van der Waals surface area contributed by atoms with Gasteiger partial charge in [0.25, 0.3) is 0 Å². The van der Waals surface area contributed by atoms with Crippen molar-refractivity contribution >= 4 is 11.0 Å². The van der Waals surface area contributed by atoms with E-state index in [0.717, 1.165) is 28.1 Å². The molecule has 0 aliphatic heterocycles. The summed E-state index contributed by atoms with van der Waals surface area (Å²) in [5, 5.41) is 5.39. The number of oxazole rings is 1. The highest BCUT2D eigenvalue weighted by Crippen LogP contribution is 2.34. The number of hydrogen-bond donors (Lipinski definition) is 0. The lowest BCUT2D eigenvalue weighted by Crippen LogP contribution is -2.04. The minimum Gasteiger partial charge on any atom is -0.497 e. The molecule has 26 heavy (non-hydrogen) atoms. The van der Waals surface area contributed by atoms with Gasteiger partial charge in [0.15, 0.2) is 5.65 Å². The number of fused-ring (bicyclic) bond motifs is 1. The average molecular weight is 350 g/mol. The highest BCUT2D eigenvalue weighted by molar-refractivity contribution is 5.74. The topological polar surface area (TPSA) is 75.2 Å². The first-order valence-electron chi connectivity index (χ1n) is 8.15. The first kappa shape index (κ1) is 16.1. The fourth-order valence-corrected chi connectivity index (χ4v) is 2.84. The Balaban J connectivity index is 1.72. The maximum Gasteiger partial charge on any atom is 0.230 e. The molecule has 1 aromatic carbocycles. The molecule has 4 rings (SSSR count). The van der Waals surface area contributed by atoms with Crippen LogP contribution in [0.15, 0.2) is 47.1 Å². The minimum absolute atomic E-state index is 0.474. The third-order valence-corrected chi connectivity index (χ3v) is 4.23. The maximum absolute atomic E-state index is 5.90. The molecule has 3 aromatic heterocycles. The maximum atomic E-state index is 5.90. The number of aromatic nitrogens is 4. The molecule has 0 atom stereocenters. The van der Waals surface area contributed by atoms with E-state index in [9.17, 15) is 0 Å². The number of benzene rings is 1. The van der Waals surface area contributed by atoms with Crippen LogP contribution in [0.25, 0.3) is 22.5 Å². The number of aryl methyl sites for hydroxylation is 1. The van der Waals surface area contributed by atoms with E-state index in [1.807, 2.05) is 41.9 Å². The van der Waals surface area contributed by atoms with Gasteiger partial charge in [-0.25, -0.2) is 14.6 Å². The first-order valence-corrected chi connectivity index (χ1v) is 8.15. The van der Waals surface area contributed by atoms with Crippen molar-refractivity contribution in [2.24, 2.45) is 0 Å². The predicted molar refractivity (Wildman–Crippen MR) is 96.4 cm³/mol. The van der Waals surface area contributed by atoms with Gasteiger partial charge in [-0.1, -0.05) is 0 Å². The standard InChI is InChI=1S/C19H18N4O3/c1-12-16(11-23-18-13(10-21-23)5-4-8-20-18)22-19(26-12)15-9-14(24-2)6-7-17(15)25-3/h4-10H,11H2,1-3H3. The van der Waals surface area contributed by atoms with Gasteiger partial charge in [-0.3, -0.25) is 0 Å². The van der Waals surface area contributed by atoms with Crippen LogP contribution < -0.4 is 9.47 Å². The summed E-state index contributed by atoms with van der Waals surface area (Å²) in [6.07, 6.45) is 3.55. The smallest absolute Gasteiger partial charge is 0.230 e. The second-order valence-corrected chi connectivity index (χ2v) is 5.81. The Morgan fingerprint density at radius 3 is 2.85 bits per heavy atom. The van der Waals surface area contributed by atoms with Crippen molar-refractivity contribution in [1.29, 1.82) is 0 Å². The lowest BCUT2D eigenvalue weighted by Gasteiger charge is -2.07. The van der Waals surface area contributed by atoms with E-state index in [1.165, 1.54) is 0 Å². The van der Waals surface area contributed by atoms with Crippen LogP contribution in [0, 0.1) is 6.92 Å². The van der Waals surface area contributed by atoms with Gasteiger partial charge in [0.1, 0.15) is 23.0 Å². The molecule has 132 valence electrons. The summed E-state index contributed by atoms with van der Waals surface area (Å²) < 4.78 is 18.4. The SMILES string of the molecule is COc1ccc(OC)c(-c2nc(Cn3ncc4cccnc43)c(C)o2)c1. The molecule has 0 saturated heterocycles. The summed E-state index contributed by atoms with van der Waals surface area (Å²) in [7, 11) is 3.23. The third kappa shape index (κ3) is 2.77. The molecule has 3 heterocycles. The lowest BCUT2D eigenvalue weighted by atomic mass is 10.2. The number of nitrogens with zero attached hydrogens (tertiary/aromatic N) is 4. The number of hydrogen-bond acceptors (Lipinski definition) is 6. The summed E-state index contributed by atoms with van der Waals surface area (Å²) in [5.74, 6) is 2.59. The van der Waals surface area contributed by atoms with Crippen LogP contribution in [0.2, 0.25) is 0 Å². The van der Waals surface area contributed by atoms with E-state index in [1.54, 1.807) is 26.6 Å². The predicted octanol–water partition coefficient (Wildman–Crippen LogP) is 3.46. The summed E-state index contributed by atoms with van der Waals surface area (Å²) in [6, 6.07) is 9.38. The van der Waals surface area contributed by atoms with E-state index < -0.39 is 0 Å². The van der Waals surface area contributed by atoms with E-state index in [0.29, 0.717) is 23.9 Å². The fraction of sp³-hybridized carbons (Fsp3) is 0.211. The van der Waals surface area contributed by atoms with E-state index in [2.05, 4.69) is 15.1 Å². The number of methoxy groups -OCH3 is 2. The Bertz CT molecular complexity index is 1070. The highest BCUT2D eigenvalue weighted by Gasteiger charge is 2.17. The van der Waals surface area contributed by atoms with Crippen molar-refractivity contribution in [2.75, 3.05) is 14.2 Å². The molecule has 4 aromatic rings. The molecule has 0 N–H and O–H groups in total. The molecule has 0 saturated carbocycles. The van der Waals surface area contributed by atoms with Crippen LogP contribution in [0.5, 0.6) is 11.5 Å². The van der Waals surface area contributed by atoms with Gasteiger partial charge in [-0.2, -0.15) is 5.10 Å². The monoisotopic (exact) mass is 350 g/mol. The van der Waals surface area contributed by atoms with E-state index in [4.69, 9.17) is 13.9 Å². The highest BCUT2D eigenvalue weighted by atomic mass is 16.5. The largest absolute Gasteiger partial charge is 0.497 e. The molecular formula is C19H18N4O3. The van der Waals surface area contributed by atoms with Crippen molar-refractivity contribution < 1.29 is 13.9 Å². The Labute approximate surface area is 150 Å². The van der Waals surface area contributed by atoms with Crippen LogP contribution in [-0.2, 0) is 6.54 Å². The van der Waals surface area contributed by atoms with Crippen molar-refractivity contribution in [3.63, 3.8) is 0 Å². The zero-order valence-electron chi connectivity index (χ0n) is 14.8. The lowest BCUT2D eigenvalue weighted by molar-refractivity contribution is 0.402. The van der Waals surface area contributed by atoms with Crippen LogP contribution >= 0.6 is 0 Å². The van der Waals surface area contributed by atoms with Gasteiger partial charge in [-0.15, -0.1) is 0 Å². The van der Waals surface area contributed by atoms with Crippen LogP contribution in [-0.4, -0.2) is 34.0 Å². The van der Waals surface area contributed by atoms with Gasteiger partial charge < -0.3 is 13.9 Å². The fourth-order valence-electron chi connectivity index (χ4n) is 2.84. The third-order valence-electron chi connectivity index (χ3n) is 4.23. The van der Waals surface area contributed by atoms with Gasteiger partial charge in [0, 0.05) is 11.6 Å². The molecule has 0 unspecified atom stereocenters. The van der Waals surface area contributed by atoms with E-state index >= 15 is 0 Å². The second kappa shape index (κ2) is 6.51. The van der Waals surface area contributed by atoms with Crippen molar-refractivity contribution in [3.05, 3.63) is 54.2 Å². The Kier molecular flexibility index (Phi) is 4.04. The molecule has 0 aliphatic rings. The van der Waals surface area contributed by atoms with Crippen molar-refractivity contribution in [3.8, 4) is 23.0 Å². The zero-order valence-corrected chi connectivity index (χ0v) is 14.8. The average Bonchev–Trinajstić information content (AvgIpc) is 3.25. The van der Waals surface area contributed by atoms with Crippen molar-refractivity contribution in [1.82, 2.24) is 19.7 Å². The van der Waals surface area contributed by atoms with E-state index in [-0.39, 0.29) is 0 Å². The molecular weight excluding hydrogens is 332 g/mol. The summed E-state index contributed by atoms with van der Waals surface area (Å²) >= 11 is 0. The van der Waals surface area contributed by atoms with Gasteiger partial charge in [0.2, 0.25) is 5.89 Å². The molecule has 0 aliphatic carbocycles. The first-order chi connectivity index (χ1) is 12.7. The van der Waals surface area contributed by atoms with Crippen LogP contribution in [0.1, 0.15) is 11.5 Å². The van der Waals surface area contributed by atoms with Gasteiger partial charge in [0.05, 0.1) is 32.5 Å². The Morgan fingerprint density at radius 2 is 2.04 bits per heavy atom. The number of ether oxygens (including phenoxy) is 2. The second-order valence-electron chi connectivity index (χ2n) is 5.81. The summed E-state index contributed by atoms with van der Waals surface area (Å²) in [5.41, 5.74) is 2.35. The van der Waals surface area contributed by atoms with Gasteiger partial charge in [-0.05, 0) is 37.3 Å². The zero-order chi connectivity index (χ0) is 18.1. The number of pyridine rings is 1. The van der Waals surface area contributed by atoms with Gasteiger partial charge >= 0.3 is 0 Å².